The van der Waals surface area contributed by atoms with Gasteiger partial charge in [-0.05, 0) is 48.9 Å². The van der Waals surface area contributed by atoms with Crippen molar-refractivity contribution >= 4 is 0 Å². The first-order valence-electron chi connectivity index (χ1n) is 9.60. The summed E-state index contributed by atoms with van der Waals surface area (Å²) in [7, 11) is 1.65. The van der Waals surface area contributed by atoms with Gasteiger partial charge in [-0.3, -0.25) is 4.90 Å². The van der Waals surface area contributed by atoms with E-state index in [0.717, 1.165) is 49.2 Å². The third kappa shape index (κ3) is 3.26. The highest BCUT2D eigenvalue weighted by molar-refractivity contribution is 5.41. The van der Waals surface area contributed by atoms with Crippen LogP contribution in [-0.2, 0) is 12.1 Å². The molecule has 2 aromatic carbocycles. The minimum absolute atomic E-state index is 0.0883. The van der Waals surface area contributed by atoms with Crippen LogP contribution >= 0.6 is 0 Å². The summed E-state index contributed by atoms with van der Waals surface area (Å²) in [5.41, 5.74) is 0.984. The molecule has 0 amide bonds. The maximum atomic E-state index is 11.7. The van der Waals surface area contributed by atoms with E-state index in [1.165, 1.54) is 6.07 Å². The monoisotopic (exact) mass is 369 g/mol. The van der Waals surface area contributed by atoms with Crippen molar-refractivity contribution in [1.29, 1.82) is 0 Å². The number of likely N-dealkylation sites (tertiary alicyclic amines) is 1. The first kappa shape index (κ1) is 18.1. The Bertz CT molecular complexity index is 824. The molecule has 2 aliphatic rings. The molecule has 144 valence electrons. The summed E-state index contributed by atoms with van der Waals surface area (Å²) in [4.78, 5) is 2.34. The Morgan fingerprint density at radius 2 is 1.93 bits per heavy atom. The Morgan fingerprint density at radius 3 is 2.70 bits per heavy atom. The average Bonchev–Trinajstić information content (AvgIpc) is 3.09. The minimum atomic E-state index is -0.874. The van der Waals surface area contributed by atoms with E-state index in [-0.39, 0.29) is 17.4 Å². The summed E-state index contributed by atoms with van der Waals surface area (Å²) in [5.74, 6) is 1.17. The largest absolute Gasteiger partial charge is 0.504 e. The predicted molar refractivity (Wildman–Crippen MR) is 103 cm³/mol. The first-order chi connectivity index (χ1) is 13.0. The summed E-state index contributed by atoms with van der Waals surface area (Å²) in [6.07, 6.45) is 2.88. The highest BCUT2D eigenvalue weighted by Crippen LogP contribution is 2.50. The van der Waals surface area contributed by atoms with Crippen LogP contribution in [0.2, 0.25) is 0 Å². The average molecular weight is 369 g/mol. The van der Waals surface area contributed by atoms with Gasteiger partial charge in [-0.25, -0.2) is 0 Å². The molecule has 5 heteroatoms. The fourth-order valence-corrected chi connectivity index (χ4v) is 5.00. The van der Waals surface area contributed by atoms with E-state index in [0.29, 0.717) is 12.5 Å². The summed E-state index contributed by atoms with van der Waals surface area (Å²) in [6, 6.07) is 12.8. The third-order valence-corrected chi connectivity index (χ3v) is 6.28. The van der Waals surface area contributed by atoms with Gasteiger partial charge in [-0.2, -0.15) is 0 Å². The molecule has 0 aromatic heterocycles. The van der Waals surface area contributed by atoms with E-state index in [2.05, 4.69) is 4.90 Å². The Morgan fingerprint density at radius 1 is 1.11 bits per heavy atom. The van der Waals surface area contributed by atoms with Crippen molar-refractivity contribution in [3.05, 3.63) is 53.6 Å². The predicted octanol–water partition coefficient (Wildman–Crippen LogP) is 3.23. The zero-order valence-corrected chi connectivity index (χ0v) is 15.6. The molecule has 27 heavy (non-hydrogen) atoms. The van der Waals surface area contributed by atoms with Crippen molar-refractivity contribution in [1.82, 2.24) is 4.90 Å². The number of aliphatic hydroxyl groups is 1. The number of aromatic hydroxyl groups is 2. The Balaban J connectivity index is 1.57. The molecule has 1 saturated heterocycles. The van der Waals surface area contributed by atoms with Gasteiger partial charge in [0.2, 0.25) is 0 Å². The third-order valence-electron chi connectivity index (χ3n) is 6.28. The Labute approximate surface area is 159 Å². The van der Waals surface area contributed by atoms with E-state index >= 15 is 0 Å². The van der Waals surface area contributed by atoms with E-state index in [4.69, 9.17) is 4.74 Å². The highest BCUT2D eigenvalue weighted by Gasteiger charge is 2.50. The Hall–Kier alpha value is -2.24. The molecule has 0 unspecified atom stereocenters. The zero-order chi connectivity index (χ0) is 19.0. The second-order valence-electron chi connectivity index (χ2n) is 7.90. The number of phenolic OH excluding ortho intramolecular Hbond substituents is 2. The van der Waals surface area contributed by atoms with Crippen molar-refractivity contribution in [3.8, 4) is 17.2 Å². The molecule has 1 heterocycles. The molecule has 3 N–H and O–H groups in total. The molecule has 0 spiro atoms. The molecule has 2 fully saturated rings. The summed E-state index contributed by atoms with van der Waals surface area (Å²) < 4.78 is 5.53. The SMILES string of the molecule is COc1ccccc1[C@]1(O)CCC[C@H]2CN(Cc3ccc(O)c(O)c3)C[C@H]21. The molecule has 5 nitrogen and oxygen atoms in total. The normalized spacial score (nSPS) is 28.1. The fraction of sp³-hybridized carbons (Fsp3) is 0.455. The lowest BCUT2D eigenvalue weighted by atomic mass is 9.67. The number of benzene rings is 2. The highest BCUT2D eigenvalue weighted by atomic mass is 16.5. The van der Waals surface area contributed by atoms with Crippen LogP contribution in [0.5, 0.6) is 17.2 Å². The van der Waals surface area contributed by atoms with Crippen molar-refractivity contribution in [2.45, 2.75) is 31.4 Å². The minimum Gasteiger partial charge on any atom is -0.504 e. The number of para-hydroxylation sites is 1. The molecule has 1 aliphatic carbocycles. The number of hydrogen-bond donors (Lipinski definition) is 3. The molecule has 2 aromatic rings. The molecule has 1 aliphatic heterocycles. The molecule has 0 radical (unpaired) electrons. The molecular formula is C22H27NO4. The van der Waals surface area contributed by atoms with Crippen LogP contribution in [0.4, 0.5) is 0 Å². The van der Waals surface area contributed by atoms with Gasteiger partial charge in [-0.1, -0.05) is 24.3 Å². The van der Waals surface area contributed by atoms with Crippen LogP contribution in [-0.4, -0.2) is 40.4 Å². The van der Waals surface area contributed by atoms with Crippen molar-refractivity contribution in [2.75, 3.05) is 20.2 Å². The van der Waals surface area contributed by atoms with Crippen LogP contribution in [0.3, 0.4) is 0 Å². The second-order valence-corrected chi connectivity index (χ2v) is 7.90. The summed E-state index contributed by atoms with van der Waals surface area (Å²) >= 11 is 0. The van der Waals surface area contributed by atoms with Gasteiger partial charge in [0.1, 0.15) is 5.75 Å². The van der Waals surface area contributed by atoms with Crippen LogP contribution in [0.15, 0.2) is 42.5 Å². The summed E-state index contributed by atoms with van der Waals surface area (Å²) in [6.45, 7) is 2.44. The quantitative estimate of drug-likeness (QED) is 0.722. The number of phenols is 2. The lowest BCUT2D eigenvalue weighted by molar-refractivity contribution is -0.0662. The van der Waals surface area contributed by atoms with Crippen LogP contribution in [0, 0.1) is 11.8 Å². The molecule has 4 rings (SSSR count). The van der Waals surface area contributed by atoms with Gasteiger partial charge < -0.3 is 20.1 Å². The number of fused-ring (bicyclic) bond motifs is 1. The number of nitrogens with zero attached hydrogens (tertiary/aromatic N) is 1. The van der Waals surface area contributed by atoms with E-state index in [9.17, 15) is 15.3 Å². The van der Waals surface area contributed by atoms with Crippen molar-refractivity contribution in [2.24, 2.45) is 11.8 Å². The van der Waals surface area contributed by atoms with Crippen LogP contribution < -0.4 is 4.74 Å². The maximum Gasteiger partial charge on any atom is 0.157 e. The lowest BCUT2D eigenvalue weighted by Crippen LogP contribution is -2.43. The zero-order valence-electron chi connectivity index (χ0n) is 15.6. The van der Waals surface area contributed by atoms with Gasteiger partial charge >= 0.3 is 0 Å². The number of rotatable bonds is 4. The number of methoxy groups -OCH3 is 1. The molecular weight excluding hydrogens is 342 g/mol. The topological polar surface area (TPSA) is 73.2 Å². The van der Waals surface area contributed by atoms with E-state index in [1.807, 2.05) is 30.3 Å². The first-order valence-corrected chi connectivity index (χ1v) is 9.60. The standard InChI is InChI=1S/C22H27NO4/c1-27-21-7-3-2-6-17(21)22(26)10-4-5-16-13-23(14-18(16)22)12-15-8-9-19(24)20(25)11-15/h2-3,6-9,11,16,18,24-26H,4-5,10,12-14H2,1H3/t16-,18+,22+/m0/s1. The number of ether oxygens (including phenoxy) is 1. The van der Waals surface area contributed by atoms with Crippen LogP contribution in [0.1, 0.15) is 30.4 Å². The van der Waals surface area contributed by atoms with Gasteiger partial charge in [-0.15, -0.1) is 0 Å². The van der Waals surface area contributed by atoms with Gasteiger partial charge in [0.05, 0.1) is 12.7 Å². The molecule has 3 atom stereocenters. The second kappa shape index (κ2) is 7.06. The van der Waals surface area contributed by atoms with Crippen LogP contribution in [0.25, 0.3) is 0 Å². The molecule has 1 saturated carbocycles. The lowest BCUT2D eigenvalue weighted by Gasteiger charge is -2.42. The smallest absolute Gasteiger partial charge is 0.157 e. The fourth-order valence-electron chi connectivity index (χ4n) is 5.00. The maximum absolute atomic E-state index is 11.7. The van der Waals surface area contributed by atoms with E-state index < -0.39 is 5.60 Å². The van der Waals surface area contributed by atoms with Gasteiger partial charge in [0.25, 0.3) is 0 Å². The van der Waals surface area contributed by atoms with E-state index in [1.54, 1.807) is 13.2 Å². The van der Waals surface area contributed by atoms with Crippen molar-refractivity contribution < 1.29 is 20.1 Å². The number of hydrogen-bond acceptors (Lipinski definition) is 5. The van der Waals surface area contributed by atoms with Crippen molar-refractivity contribution in [3.63, 3.8) is 0 Å². The molecule has 0 bridgehead atoms. The Kier molecular flexibility index (Phi) is 4.74. The van der Waals surface area contributed by atoms with Gasteiger partial charge in [0, 0.05) is 31.1 Å². The van der Waals surface area contributed by atoms with Gasteiger partial charge in [0.15, 0.2) is 11.5 Å². The summed E-state index contributed by atoms with van der Waals surface area (Å²) in [5, 5.41) is 31.0.